The van der Waals surface area contributed by atoms with Gasteiger partial charge in [0.1, 0.15) is 0 Å². The maximum absolute atomic E-state index is 11.0. The van der Waals surface area contributed by atoms with Gasteiger partial charge in [-0.3, -0.25) is 10.6 Å². The fraction of sp³-hybridized carbons (Fsp3) is 0.300. The SMILES string of the molecule is COC(=O)Cc1ccc(NN)c(C)c1. The zero-order chi connectivity index (χ0) is 10.6. The summed E-state index contributed by atoms with van der Waals surface area (Å²) in [7, 11) is 1.38. The van der Waals surface area contributed by atoms with Gasteiger partial charge in [0.05, 0.1) is 19.2 Å². The maximum Gasteiger partial charge on any atom is 0.309 e. The highest BCUT2D eigenvalue weighted by Crippen LogP contribution is 2.15. The molecular formula is C10H14N2O2. The Morgan fingerprint density at radius 1 is 1.57 bits per heavy atom. The Balaban J connectivity index is 2.81. The highest BCUT2D eigenvalue weighted by Gasteiger charge is 2.04. The fourth-order valence-corrected chi connectivity index (χ4v) is 1.24. The number of hydrazine groups is 1. The van der Waals surface area contributed by atoms with Crippen LogP contribution in [0.5, 0.6) is 0 Å². The summed E-state index contributed by atoms with van der Waals surface area (Å²) in [6, 6.07) is 5.60. The third-order valence-electron chi connectivity index (χ3n) is 2.02. The maximum atomic E-state index is 11.0. The Bertz CT molecular complexity index is 337. The largest absolute Gasteiger partial charge is 0.469 e. The highest BCUT2D eigenvalue weighted by molar-refractivity contribution is 5.72. The lowest BCUT2D eigenvalue weighted by molar-refractivity contribution is -0.139. The van der Waals surface area contributed by atoms with E-state index in [1.165, 1.54) is 7.11 Å². The van der Waals surface area contributed by atoms with Crippen LogP contribution in [0.4, 0.5) is 5.69 Å². The molecule has 3 N–H and O–H groups in total. The molecule has 0 unspecified atom stereocenters. The second-order valence-electron chi connectivity index (χ2n) is 3.05. The summed E-state index contributed by atoms with van der Waals surface area (Å²) >= 11 is 0. The number of benzene rings is 1. The lowest BCUT2D eigenvalue weighted by Crippen LogP contribution is -2.09. The average Bonchev–Trinajstić information content (AvgIpc) is 2.18. The van der Waals surface area contributed by atoms with Crippen LogP contribution in [-0.4, -0.2) is 13.1 Å². The zero-order valence-corrected chi connectivity index (χ0v) is 8.33. The van der Waals surface area contributed by atoms with Gasteiger partial charge in [-0.15, -0.1) is 0 Å². The molecule has 4 nitrogen and oxygen atoms in total. The molecule has 0 heterocycles. The number of carbonyl (C=O) groups excluding carboxylic acids is 1. The summed E-state index contributed by atoms with van der Waals surface area (Å²) in [6.07, 6.45) is 0.294. The number of hydrogen-bond donors (Lipinski definition) is 2. The quantitative estimate of drug-likeness (QED) is 0.428. The van der Waals surface area contributed by atoms with Gasteiger partial charge in [-0.25, -0.2) is 0 Å². The van der Waals surface area contributed by atoms with Crippen molar-refractivity contribution in [3.8, 4) is 0 Å². The second-order valence-corrected chi connectivity index (χ2v) is 3.05. The van der Waals surface area contributed by atoms with Crippen molar-refractivity contribution >= 4 is 11.7 Å². The van der Waals surface area contributed by atoms with Crippen LogP contribution < -0.4 is 11.3 Å². The molecule has 0 aliphatic rings. The first-order chi connectivity index (χ1) is 6.67. The van der Waals surface area contributed by atoms with Crippen molar-refractivity contribution in [2.45, 2.75) is 13.3 Å². The first-order valence-electron chi connectivity index (χ1n) is 4.30. The Morgan fingerprint density at radius 2 is 2.29 bits per heavy atom. The van der Waals surface area contributed by atoms with E-state index in [2.05, 4.69) is 10.2 Å². The molecule has 0 saturated carbocycles. The molecule has 1 rings (SSSR count). The van der Waals surface area contributed by atoms with E-state index in [1.54, 1.807) is 0 Å². The van der Waals surface area contributed by atoms with Gasteiger partial charge in [0, 0.05) is 0 Å². The predicted octanol–water partition coefficient (Wildman–Crippen LogP) is 0.996. The fourth-order valence-electron chi connectivity index (χ4n) is 1.24. The van der Waals surface area contributed by atoms with E-state index < -0.39 is 0 Å². The molecular weight excluding hydrogens is 180 g/mol. The minimum absolute atomic E-state index is 0.238. The molecule has 0 atom stereocenters. The number of nitrogens with two attached hydrogens (primary N) is 1. The number of esters is 1. The van der Waals surface area contributed by atoms with Crippen molar-refractivity contribution in [3.05, 3.63) is 29.3 Å². The first kappa shape index (κ1) is 10.5. The molecule has 0 aliphatic carbocycles. The third kappa shape index (κ3) is 2.47. The molecule has 0 spiro atoms. The van der Waals surface area contributed by atoms with Crippen LogP contribution in [0.2, 0.25) is 0 Å². The van der Waals surface area contributed by atoms with Crippen LogP contribution in [0.3, 0.4) is 0 Å². The van der Waals surface area contributed by atoms with E-state index in [9.17, 15) is 4.79 Å². The summed E-state index contributed by atoms with van der Waals surface area (Å²) < 4.78 is 4.57. The van der Waals surface area contributed by atoms with E-state index in [-0.39, 0.29) is 5.97 Å². The van der Waals surface area contributed by atoms with E-state index in [0.717, 1.165) is 16.8 Å². The van der Waals surface area contributed by atoms with E-state index >= 15 is 0 Å². The normalized spacial score (nSPS) is 9.64. The monoisotopic (exact) mass is 194 g/mol. The lowest BCUT2D eigenvalue weighted by atomic mass is 10.1. The minimum Gasteiger partial charge on any atom is -0.469 e. The Hall–Kier alpha value is -1.55. The standard InChI is InChI=1S/C10H14N2O2/c1-7-5-8(6-10(13)14-2)3-4-9(7)12-11/h3-5,12H,6,11H2,1-2H3. The molecule has 1 aromatic rings. The predicted molar refractivity (Wildman–Crippen MR) is 54.7 cm³/mol. The smallest absolute Gasteiger partial charge is 0.309 e. The molecule has 76 valence electrons. The number of carbonyl (C=O) groups is 1. The molecule has 0 radical (unpaired) electrons. The molecule has 0 fully saturated rings. The van der Waals surface area contributed by atoms with Crippen molar-refractivity contribution in [2.24, 2.45) is 5.84 Å². The van der Waals surface area contributed by atoms with Crippen molar-refractivity contribution < 1.29 is 9.53 Å². The summed E-state index contributed by atoms with van der Waals surface area (Å²) in [5, 5.41) is 0. The van der Waals surface area contributed by atoms with Gasteiger partial charge < -0.3 is 10.2 Å². The van der Waals surface area contributed by atoms with Gasteiger partial charge in [-0.05, 0) is 24.1 Å². The second kappa shape index (κ2) is 4.62. The topological polar surface area (TPSA) is 64.3 Å². The van der Waals surface area contributed by atoms with Crippen LogP contribution in [0.25, 0.3) is 0 Å². The zero-order valence-electron chi connectivity index (χ0n) is 8.33. The van der Waals surface area contributed by atoms with E-state index in [0.29, 0.717) is 6.42 Å². The van der Waals surface area contributed by atoms with E-state index in [1.807, 2.05) is 25.1 Å². The van der Waals surface area contributed by atoms with Gasteiger partial charge in [0.15, 0.2) is 0 Å². The van der Waals surface area contributed by atoms with Gasteiger partial charge in [0.25, 0.3) is 0 Å². The number of hydrogen-bond acceptors (Lipinski definition) is 4. The van der Waals surface area contributed by atoms with E-state index in [4.69, 9.17) is 5.84 Å². The molecule has 14 heavy (non-hydrogen) atoms. The minimum atomic E-state index is -0.238. The van der Waals surface area contributed by atoms with Crippen molar-refractivity contribution in [2.75, 3.05) is 12.5 Å². The average molecular weight is 194 g/mol. The molecule has 1 aromatic carbocycles. The molecule has 0 aliphatic heterocycles. The molecule has 4 heteroatoms. The van der Waals surface area contributed by atoms with Crippen LogP contribution in [0, 0.1) is 6.92 Å². The summed E-state index contributed by atoms with van der Waals surface area (Å²) in [6.45, 7) is 1.93. The number of nitrogens with one attached hydrogen (secondary N) is 1. The number of nitrogen functional groups attached to an aromatic ring is 1. The van der Waals surface area contributed by atoms with Crippen LogP contribution in [-0.2, 0) is 16.0 Å². The Kier molecular flexibility index (Phi) is 3.48. The van der Waals surface area contributed by atoms with Crippen LogP contribution in [0.1, 0.15) is 11.1 Å². The Labute approximate surface area is 83.0 Å². The first-order valence-corrected chi connectivity index (χ1v) is 4.30. The van der Waals surface area contributed by atoms with Crippen molar-refractivity contribution in [3.63, 3.8) is 0 Å². The molecule has 0 amide bonds. The van der Waals surface area contributed by atoms with Crippen molar-refractivity contribution in [1.29, 1.82) is 0 Å². The molecule has 0 bridgehead atoms. The van der Waals surface area contributed by atoms with Gasteiger partial charge in [-0.1, -0.05) is 12.1 Å². The lowest BCUT2D eigenvalue weighted by Gasteiger charge is -2.06. The van der Waals surface area contributed by atoms with Gasteiger partial charge in [-0.2, -0.15) is 0 Å². The number of ether oxygens (including phenoxy) is 1. The van der Waals surface area contributed by atoms with Crippen LogP contribution in [0.15, 0.2) is 18.2 Å². The van der Waals surface area contributed by atoms with Gasteiger partial charge >= 0.3 is 5.97 Å². The number of aryl methyl sites for hydroxylation is 1. The number of anilines is 1. The number of methoxy groups -OCH3 is 1. The van der Waals surface area contributed by atoms with Gasteiger partial charge in [0.2, 0.25) is 0 Å². The summed E-state index contributed by atoms with van der Waals surface area (Å²) in [4.78, 5) is 11.0. The Morgan fingerprint density at radius 3 is 2.79 bits per heavy atom. The van der Waals surface area contributed by atoms with Crippen molar-refractivity contribution in [1.82, 2.24) is 0 Å². The summed E-state index contributed by atoms with van der Waals surface area (Å²) in [5.74, 6) is 5.05. The summed E-state index contributed by atoms with van der Waals surface area (Å²) in [5.41, 5.74) is 5.37. The number of rotatable bonds is 3. The van der Waals surface area contributed by atoms with Crippen LogP contribution >= 0.6 is 0 Å². The highest BCUT2D eigenvalue weighted by atomic mass is 16.5. The third-order valence-corrected chi connectivity index (χ3v) is 2.02. The molecule has 0 aromatic heterocycles. The molecule has 0 saturated heterocycles.